The van der Waals surface area contributed by atoms with Crippen LogP contribution in [-0.2, 0) is 16.1 Å². The largest absolute Gasteiger partial charge is 0.484 e. The van der Waals surface area contributed by atoms with Gasteiger partial charge in [0.15, 0.2) is 0 Å². The topological polar surface area (TPSA) is 75.2 Å². The predicted octanol–water partition coefficient (Wildman–Crippen LogP) is 2.46. The third kappa shape index (κ3) is 5.04. The van der Waals surface area contributed by atoms with Crippen LogP contribution in [0, 0.1) is 0 Å². The van der Waals surface area contributed by atoms with Gasteiger partial charge in [0.2, 0.25) is 5.91 Å². The fourth-order valence-corrected chi connectivity index (χ4v) is 5.09. The molecule has 8 nitrogen and oxygen atoms in total. The molecule has 1 spiro atoms. The van der Waals surface area contributed by atoms with Crippen LogP contribution < -0.4 is 4.74 Å². The van der Waals surface area contributed by atoms with Gasteiger partial charge in [-0.2, -0.15) is 0 Å². The van der Waals surface area contributed by atoms with Gasteiger partial charge >= 0.3 is 0 Å². The molecule has 0 atom stereocenters. The number of pyridine rings is 1. The lowest BCUT2D eigenvalue weighted by atomic mass is 9.93. The van der Waals surface area contributed by atoms with Crippen LogP contribution in [0.15, 0.2) is 42.7 Å². The second-order valence-corrected chi connectivity index (χ2v) is 9.65. The zero-order valence-corrected chi connectivity index (χ0v) is 19.9. The lowest BCUT2D eigenvalue weighted by Crippen LogP contribution is -2.55. The molecule has 9 heteroatoms. The van der Waals surface area contributed by atoms with E-state index in [1.807, 2.05) is 17.2 Å². The maximum absolute atomic E-state index is 13.5. The average Bonchev–Trinajstić information content (AvgIpc) is 2.95. The summed E-state index contributed by atoms with van der Waals surface area (Å²) >= 11 is 6.19. The molecule has 1 aromatic carbocycles. The van der Waals surface area contributed by atoms with Gasteiger partial charge in [-0.25, -0.2) is 0 Å². The summed E-state index contributed by atoms with van der Waals surface area (Å²) in [5.74, 6) is 0.266. The second-order valence-electron chi connectivity index (χ2n) is 9.22. The minimum absolute atomic E-state index is 0.0271. The number of halogens is 1. The Morgan fingerprint density at radius 3 is 2.65 bits per heavy atom. The van der Waals surface area contributed by atoms with Crippen molar-refractivity contribution in [1.82, 2.24) is 19.7 Å². The molecular weight excluding hydrogens is 456 g/mol. The number of piperazine rings is 1. The summed E-state index contributed by atoms with van der Waals surface area (Å²) in [4.78, 5) is 36.7. The standard InChI is InChI=1S/C25H29ClN4O4/c26-20-3-4-22-21(14-20)24(32)30(18-25(34-22)5-12-33-13-6-25)17-23(31)29-10-8-28(9-11-29)16-19-2-1-7-27-15-19/h1-4,7,14-15H,5-6,8-13,16-18H2. The average molecular weight is 485 g/mol. The van der Waals surface area contributed by atoms with Crippen LogP contribution in [0.25, 0.3) is 0 Å². The van der Waals surface area contributed by atoms with Crippen LogP contribution in [0.2, 0.25) is 5.02 Å². The number of rotatable bonds is 4. The molecule has 3 aliphatic heterocycles. The van der Waals surface area contributed by atoms with Crippen molar-refractivity contribution in [3.63, 3.8) is 0 Å². The van der Waals surface area contributed by atoms with E-state index in [-0.39, 0.29) is 18.4 Å². The van der Waals surface area contributed by atoms with Gasteiger partial charge in [0.05, 0.1) is 25.3 Å². The highest BCUT2D eigenvalue weighted by Gasteiger charge is 2.42. The van der Waals surface area contributed by atoms with Crippen molar-refractivity contribution in [1.29, 1.82) is 0 Å². The van der Waals surface area contributed by atoms with Gasteiger partial charge in [0.1, 0.15) is 17.9 Å². The third-order valence-electron chi connectivity index (χ3n) is 6.85. The molecule has 0 unspecified atom stereocenters. The molecule has 34 heavy (non-hydrogen) atoms. The molecule has 0 aliphatic carbocycles. The maximum Gasteiger partial charge on any atom is 0.258 e. The van der Waals surface area contributed by atoms with E-state index in [0.717, 1.165) is 25.2 Å². The highest BCUT2D eigenvalue weighted by molar-refractivity contribution is 6.31. The van der Waals surface area contributed by atoms with Gasteiger partial charge in [-0.1, -0.05) is 17.7 Å². The van der Waals surface area contributed by atoms with E-state index in [1.165, 1.54) is 0 Å². The molecule has 2 aromatic rings. The molecule has 0 N–H and O–H groups in total. The van der Waals surface area contributed by atoms with Gasteiger partial charge in [-0.05, 0) is 29.8 Å². The lowest BCUT2D eigenvalue weighted by Gasteiger charge is -2.39. The van der Waals surface area contributed by atoms with E-state index in [0.29, 0.717) is 62.0 Å². The number of carbonyl (C=O) groups excluding carboxylic acids is 2. The van der Waals surface area contributed by atoms with Crippen molar-refractivity contribution >= 4 is 23.4 Å². The Bertz CT molecular complexity index is 1040. The Kier molecular flexibility index (Phi) is 6.72. The number of amides is 2. The van der Waals surface area contributed by atoms with E-state index < -0.39 is 5.60 Å². The SMILES string of the molecule is O=C(CN1CC2(CCOCC2)Oc2ccc(Cl)cc2C1=O)N1CCN(Cc2cccnc2)CC1. The van der Waals surface area contributed by atoms with E-state index in [1.54, 1.807) is 29.3 Å². The first kappa shape index (κ1) is 23.1. The number of nitrogens with zero attached hydrogens (tertiary/aromatic N) is 4. The van der Waals surface area contributed by atoms with Gasteiger partial charge < -0.3 is 19.3 Å². The predicted molar refractivity (Wildman–Crippen MR) is 127 cm³/mol. The zero-order chi connectivity index (χ0) is 23.5. The molecule has 0 radical (unpaired) electrons. The molecule has 2 saturated heterocycles. The monoisotopic (exact) mass is 484 g/mol. The summed E-state index contributed by atoms with van der Waals surface area (Å²) in [6, 6.07) is 9.11. The van der Waals surface area contributed by atoms with Gasteiger partial charge in [-0.15, -0.1) is 0 Å². The molecule has 2 fully saturated rings. The fraction of sp³-hybridized carbons (Fsp3) is 0.480. The Labute approximate surface area is 204 Å². The number of ether oxygens (including phenoxy) is 2. The van der Waals surface area contributed by atoms with Gasteiger partial charge in [0.25, 0.3) is 5.91 Å². The Morgan fingerprint density at radius 2 is 1.91 bits per heavy atom. The van der Waals surface area contributed by atoms with Crippen molar-refractivity contribution < 1.29 is 19.1 Å². The molecule has 1 aromatic heterocycles. The summed E-state index contributed by atoms with van der Waals surface area (Å²) in [5, 5.41) is 0.467. The minimum Gasteiger partial charge on any atom is -0.484 e. The number of benzene rings is 1. The van der Waals surface area contributed by atoms with E-state index in [4.69, 9.17) is 21.1 Å². The Morgan fingerprint density at radius 1 is 1.12 bits per heavy atom. The fourth-order valence-electron chi connectivity index (χ4n) is 4.91. The van der Waals surface area contributed by atoms with Crippen LogP contribution >= 0.6 is 11.6 Å². The van der Waals surface area contributed by atoms with Gasteiger partial charge in [-0.3, -0.25) is 19.5 Å². The summed E-state index contributed by atoms with van der Waals surface area (Å²) < 4.78 is 11.9. The molecule has 2 amide bonds. The summed E-state index contributed by atoms with van der Waals surface area (Å²) in [7, 11) is 0. The molecule has 0 bridgehead atoms. The second kappa shape index (κ2) is 9.90. The van der Waals surface area contributed by atoms with E-state index >= 15 is 0 Å². The first-order valence-corrected chi connectivity index (χ1v) is 12.1. The van der Waals surface area contributed by atoms with Crippen molar-refractivity contribution in [2.45, 2.75) is 25.0 Å². The molecule has 5 rings (SSSR count). The number of hydrogen-bond acceptors (Lipinski definition) is 6. The normalized spacial score (nSPS) is 20.6. The summed E-state index contributed by atoms with van der Waals surface area (Å²) in [6.45, 7) is 5.19. The Balaban J connectivity index is 1.27. The summed E-state index contributed by atoms with van der Waals surface area (Å²) in [5.41, 5.74) is 1.01. The van der Waals surface area contributed by atoms with Gasteiger partial charge in [0, 0.05) is 63.0 Å². The highest BCUT2D eigenvalue weighted by Crippen LogP contribution is 2.36. The van der Waals surface area contributed by atoms with Crippen LogP contribution in [0.5, 0.6) is 5.75 Å². The summed E-state index contributed by atoms with van der Waals surface area (Å²) in [6.07, 6.45) is 4.98. The molecule has 4 heterocycles. The van der Waals surface area contributed by atoms with Crippen molar-refractivity contribution in [3.8, 4) is 5.75 Å². The van der Waals surface area contributed by atoms with Crippen LogP contribution in [0.3, 0.4) is 0 Å². The molecule has 0 saturated carbocycles. The Hall–Kier alpha value is -2.68. The zero-order valence-electron chi connectivity index (χ0n) is 19.1. The molecular formula is C25H29ClN4O4. The maximum atomic E-state index is 13.5. The number of aromatic nitrogens is 1. The lowest BCUT2D eigenvalue weighted by molar-refractivity contribution is -0.134. The van der Waals surface area contributed by atoms with Crippen molar-refractivity contribution in [2.24, 2.45) is 0 Å². The molecule has 180 valence electrons. The first-order chi connectivity index (χ1) is 16.5. The van der Waals surface area contributed by atoms with Crippen molar-refractivity contribution in [3.05, 3.63) is 58.9 Å². The first-order valence-electron chi connectivity index (χ1n) is 11.8. The van der Waals surface area contributed by atoms with E-state index in [2.05, 4.69) is 16.0 Å². The minimum atomic E-state index is -0.560. The smallest absolute Gasteiger partial charge is 0.258 e. The number of hydrogen-bond donors (Lipinski definition) is 0. The van der Waals surface area contributed by atoms with Crippen LogP contribution in [0.4, 0.5) is 0 Å². The number of carbonyl (C=O) groups is 2. The van der Waals surface area contributed by atoms with Crippen molar-refractivity contribution in [2.75, 3.05) is 52.5 Å². The van der Waals surface area contributed by atoms with E-state index in [9.17, 15) is 9.59 Å². The van der Waals surface area contributed by atoms with Crippen LogP contribution in [-0.4, -0.2) is 89.6 Å². The van der Waals surface area contributed by atoms with Crippen LogP contribution in [0.1, 0.15) is 28.8 Å². The number of fused-ring (bicyclic) bond motifs is 1. The molecule has 3 aliphatic rings. The third-order valence-corrected chi connectivity index (χ3v) is 7.08. The quantitative estimate of drug-likeness (QED) is 0.663. The highest BCUT2D eigenvalue weighted by atomic mass is 35.5.